The summed E-state index contributed by atoms with van der Waals surface area (Å²) in [5.41, 5.74) is 0.453. The van der Waals surface area contributed by atoms with E-state index in [4.69, 9.17) is 0 Å². The summed E-state index contributed by atoms with van der Waals surface area (Å²) in [4.78, 5) is 4.59. The zero-order valence-corrected chi connectivity index (χ0v) is 10.0. The molecule has 84 valence electrons. The summed E-state index contributed by atoms with van der Waals surface area (Å²) in [6.07, 6.45) is 4.84. The highest BCUT2D eigenvalue weighted by Gasteiger charge is 2.40. The third kappa shape index (κ3) is 1.69. The third-order valence-corrected chi connectivity index (χ3v) is 3.24. The lowest BCUT2D eigenvalue weighted by atomic mass is 9.79. The van der Waals surface area contributed by atoms with Crippen LogP contribution < -0.4 is 0 Å². The molecule has 2 rings (SSSR count). The van der Waals surface area contributed by atoms with Crippen molar-refractivity contribution in [2.45, 2.75) is 51.0 Å². The van der Waals surface area contributed by atoms with E-state index in [1.54, 1.807) is 0 Å². The first-order valence-electron chi connectivity index (χ1n) is 5.60. The van der Waals surface area contributed by atoms with E-state index in [0.29, 0.717) is 0 Å². The maximum Gasteiger partial charge on any atom is 0.140 e. The highest BCUT2D eigenvalue weighted by atomic mass is 16.3. The van der Waals surface area contributed by atoms with Crippen molar-refractivity contribution in [3.05, 3.63) is 17.7 Å². The van der Waals surface area contributed by atoms with Crippen LogP contribution in [0, 0.1) is 0 Å². The first-order chi connectivity index (χ1) is 6.83. The van der Waals surface area contributed by atoms with E-state index in [2.05, 4.69) is 25.8 Å². The van der Waals surface area contributed by atoms with Gasteiger partial charge in [0.15, 0.2) is 0 Å². The van der Waals surface area contributed by atoms with Gasteiger partial charge in [-0.25, -0.2) is 4.98 Å². The minimum atomic E-state index is -0.655. The second kappa shape index (κ2) is 3.08. The Bertz CT molecular complexity index is 369. The standard InChI is InChI=1S/C12H20N2O/c1-11(2,3)9-8-14(4)10(13-9)12(15)6-5-7-12/h8,15H,5-7H2,1-4H3. The van der Waals surface area contributed by atoms with E-state index in [1.165, 1.54) is 0 Å². The molecule has 1 aromatic rings. The Balaban J connectivity index is 2.38. The van der Waals surface area contributed by atoms with Crippen molar-refractivity contribution in [2.75, 3.05) is 0 Å². The smallest absolute Gasteiger partial charge is 0.140 e. The molecular formula is C12H20N2O. The topological polar surface area (TPSA) is 38.0 Å². The van der Waals surface area contributed by atoms with Crippen molar-refractivity contribution in [3.63, 3.8) is 0 Å². The molecule has 0 amide bonds. The predicted molar refractivity (Wildman–Crippen MR) is 59.7 cm³/mol. The summed E-state index contributed by atoms with van der Waals surface area (Å²) < 4.78 is 1.97. The number of rotatable bonds is 1. The van der Waals surface area contributed by atoms with Crippen LogP contribution in [0.3, 0.4) is 0 Å². The quantitative estimate of drug-likeness (QED) is 0.767. The van der Waals surface area contributed by atoms with Crippen LogP contribution in [0.5, 0.6) is 0 Å². The molecule has 0 spiro atoms. The van der Waals surface area contributed by atoms with Crippen LogP contribution in [-0.4, -0.2) is 14.7 Å². The number of nitrogens with zero attached hydrogens (tertiary/aromatic N) is 2. The molecule has 0 atom stereocenters. The van der Waals surface area contributed by atoms with E-state index in [1.807, 2.05) is 17.8 Å². The zero-order valence-electron chi connectivity index (χ0n) is 10.0. The second-order valence-electron chi connectivity index (χ2n) is 5.70. The lowest BCUT2D eigenvalue weighted by Gasteiger charge is -2.35. The van der Waals surface area contributed by atoms with Gasteiger partial charge in [0, 0.05) is 18.7 Å². The number of hydrogen-bond donors (Lipinski definition) is 1. The molecule has 3 nitrogen and oxygen atoms in total. The van der Waals surface area contributed by atoms with Gasteiger partial charge in [0.1, 0.15) is 11.4 Å². The van der Waals surface area contributed by atoms with Gasteiger partial charge < -0.3 is 9.67 Å². The van der Waals surface area contributed by atoms with E-state index >= 15 is 0 Å². The van der Waals surface area contributed by atoms with Gasteiger partial charge in [0.05, 0.1) is 5.69 Å². The SMILES string of the molecule is Cn1cc(C(C)(C)C)nc1C1(O)CCC1. The summed E-state index contributed by atoms with van der Waals surface area (Å²) >= 11 is 0. The average molecular weight is 208 g/mol. The molecule has 1 aliphatic carbocycles. The molecule has 0 aromatic carbocycles. The Morgan fingerprint density at radius 2 is 2.00 bits per heavy atom. The molecule has 0 aliphatic heterocycles. The van der Waals surface area contributed by atoms with Gasteiger partial charge >= 0.3 is 0 Å². The fourth-order valence-electron chi connectivity index (χ4n) is 2.00. The molecule has 0 unspecified atom stereocenters. The maximum absolute atomic E-state index is 10.3. The average Bonchev–Trinajstić information content (AvgIpc) is 2.42. The molecule has 1 heterocycles. The van der Waals surface area contributed by atoms with Crippen LogP contribution in [-0.2, 0) is 18.1 Å². The van der Waals surface area contributed by atoms with Crippen LogP contribution in [0.1, 0.15) is 51.6 Å². The Morgan fingerprint density at radius 3 is 2.33 bits per heavy atom. The number of aromatic nitrogens is 2. The predicted octanol–water partition coefficient (Wildman–Crippen LogP) is 2.09. The van der Waals surface area contributed by atoms with Crippen molar-refractivity contribution < 1.29 is 5.11 Å². The molecule has 0 radical (unpaired) electrons. The fraction of sp³-hybridized carbons (Fsp3) is 0.750. The molecule has 1 saturated carbocycles. The van der Waals surface area contributed by atoms with Gasteiger partial charge in [-0.15, -0.1) is 0 Å². The number of aryl methyl sites for hydroxylation is 1. The van der Waals surface area contributed by atoms with Gasteiger partial charge in [-0.1, -0.05) is 20.8 Å². The van der Waals surface area contributed by atoms with Crippen molar-refractivity contribution in [1.82, 2.24) is 9.55 Å². The van der Waals surface area contributed by atoms with E-state index in [0.717, 1.165) is 30.8 Å². The molecule has 1 N–H and O–H groups in total. The van der Waals surface area contributed by atoms with Crippen LogP contribution in [0.15, 0.2) is 6.20 Å². The molecule has 1 fully saturated rings. The van der Waals surface area contributed by atoms with E-state index in [9.17, 15) is 5.11 Å². The van der Waals surface area contributed by atoms with Crippen molar-refractivity contribution in [3.8, 4) is 0 Å². The lowest BCUT2D eigenvalue weighted by Crippen LogP contribution is -2.36. The minimum absolute atomic E-state index is 0.0517. The minimum Gasteiger partial charge on any atom is -0.382 e. The van der Waals surface area contributed by atoms with Crippen LogP contribution >= 0.6 is 0 Å². The van der Waals surface area contributed by atoms with Crippen LogP contribution in [0.4, 0.5) is 0 Å². The number of imidazole rings is 1. The van der Waals surface area contributed by atoms with E-state index in [-0.39, 0.29) is 5.41 Å². The molecule has 1 aromatic heterocycles. The largest absolute Gasteiger partial charge is 0.382 e. The number of aliphatic hydroxyl groups is 1. The van der Waals surface area contributed by atoms with Gasteiger partial charge in [-0.2, -0.15) is 0 Å². The van der Waals surface area contributed by atoms with Crippen molar-refractivity contribution in [1.29, 1.82) is 0 Å². The van der Waals surface area contributed by atoms with Crippen LogP contribution in [0.2, 0.25) is 0 Å². The Labute approximate surface area is 91.1 Å². The summed E-state index contributed by atoms with van der Waals surface area (Å²) in [5, 5.41) is 10.3. The van der Waals surface area contributed by atoms with Gasteiger partial charge in [-0.05, 0) is 19.3 Å². The molecule has 1 aliphatic rings. The summed E-state index contributed by atoms with van der Waals surface area (Å²) in [6.45, 7) is 6.43. The Kier molecular flexibility index (Phi) is 2.19. The highest BCUT2D eigenvalue weighted by Crippen LogP contribution is 2.40. The highest BCUT2D eigenvalue weighted by molar-refractivity contribution is 5.18. The summed E-state index contributed by atoms with van der Waals surface area (Å²) in [6, 6.07) is 0. The van der Waals surface area contributed by atoms with Gasteiger partial charge in [0.2, 0.25) is 0 Å². The molecule has 3 heteroatoms. The maximum atomic E-state index is 10.3. The Morgan fingerprint density at radius 1 is 1.40 bits per heavy atom. The van der Waals surface area contributed by atoms with Crippen molar-refractivity contribution in [2.24, 2.45) is 7.05 Å². The van der Waals surface area contributed by atoms with Crippen LogP contribution in [0.25, 0.3) is 0 Å². The molecule has 15 heavy (non-hydrogen) atoms. The van der Waals surface area contributed by atoms with Gasteiger partial charge in [-0.3, -0.25) is 0 Å². The zero-order chi connectivity index (χ0) is 11.3. The van der Waals surface area contributed by atoms with Gasteiger partial charge in [0.25, 0.3) is 0 Å². The first-order valence-corrected chi connectivity index (χ1v) is 5.60. The molecule has 0 saturated heterocycles. The monoisotopic (exact) mass is 208 g/mol. The van der Waals surface area contributed by atoms with Crippen molar-refractivity contribution >= 4 is 0 Å². The molecular weight excluding hydrogens is 188 g/mol. The Hall–Kier alpha value is -0.830. The lowest BCUT2D eigenvalue weighted by molar-refractivity contribution is -0.0489. The third-order valence-electron chi connectivity index (χ3n) is 3.24. The second-order valence-corrected chi connectivity index (χ2v) is 5.70. The summed E-state index contributed by atoms with van der Waals surface area (Å²) in [7, 11) is 1.97. The normalized spacial score (nSPS) is 20.1. The first kappa shape index (κ1) is 10.7. The van der Waals surface area contributed by atoms with E-state index < -0.39 is 5.60 Å². The number of hydrogen-bond acceptors (Lipinski definition) is 2. The summed E-state index contributed by atoms with van der Waals surface area (Å²) in [5.74, 6) is 0.832. The fourth-order valence-corrected chi connectivity index (χ4v) is 2.00. The molecule has 0 bridgehead atoms.